The highest BCUT2D eigenvalue weighted by molar-refractivity contribution is 5.90. The van der Waals surface area contributed by atoms with Gasteiger partial charge in [-0.2, -0.15) is 0 Å². The van der Waals surface area contributed by atoms with Gasteiger partial charge in [-0.3, -0.25) is 14.5 Å². The van der Waals surface area contributed by atoms with Gasteiger partial charge in [-0.1, -0.05) is 64.0 Å². The number of hydrogen-bond donors (Lipinski definition) is 1. The number of carbonyl (C=O) groups is 2. The van der Waals surface area contributed by atoms with Crippen molar-refractivity contribution in [3.8, 4) is 11.5 Å². The molecule has 1 aromatic carbocycles. The van der Waals surface area contributed by atoms with E-state index in [4.69, 9.17) is 9.47 Å². The molecule has 2 aliphatic heterocycles. The van der Waals surface area contributed by atoms with Crippen molar-refractivity contribution in [3.05, 3.63) is 35.9 Å². The van der Waals surface area contributed by atoms with Gasteiger partial charge in [-0.15, -0.1) is 6.58 Å². The van der Waals surface area contributed by atoms with Gasteiger partial charge in [0.1, 0.15) is 0 Å². The maximum absolute atomic E-state index is 13.1. The van der Waals surface area contributed by atoms with Gasteiger partial charge in [-0.25, -0.2) is 0 Å². The zero-order chi connectivity index (χ0) is 25.3. The predicted molar refractivity (Wildman–Crippen MR) is 138 cm³/mol. The third kappa shape index (κ3) is 4.01. The van der Waals surface area contributed by atoms with E-state index in [0.29, 0.717) is 50.1 Å². The highest BCUT2D eigenvalue weighted by Crippen LogP contribution is 2.64. The molecule has 1 spiro atoms. The van der Waals surface area contributed by atoms with Crippen molar-refractivity contribution < 1.29 is 24.2 Å². The molecule has 1 saturated carbocycles. The zero-order valence-corrected chi connectivity index (χ0v) is 21.7. The van der Waals surface area contributed by atoms with Crippen molar-refractivity contribution in [1.82, 2.24) is 4.90 Å². The lowest BCUT2D eigenvalue weighted by Gasteiger charge is -2.62. The molecule has 0 aromatic heterocycles. The first-order valence-corrected chi connectivity index (χ1v) is 14.1. The third-order valence-electron chi connectivity index (χ3n) is 9.18. The lowest BCUT2D eigenvalue weighted by molar-refractivity contribution is -0.187. The van der Waals surface area contributed by atoms with Crippen LogP contribution >= 0.6 is 0 Å². The Morgan fingerprint density at radius 1 is 1.19 bits per heavy atom. The van der Waals surface area contributed by atoms with Crippen molar-refractivity contribution in [2.75, 3.05) is 13.1 Å². The first kappa shape index (κ1) is 25.5. The maximum Gasteiger partial charge on any atom is 0.311 e. The lowest BCUT2D eigenvalue weighted by atomic mass is 9.49. The zero-order valence-electron chi connectivity index (χ0n) is 21.7. The lowest BCUT2D eigenvalue weighted by Crippen LogP contribution is -2.76. The summed E-state index contributed by atoms with van der Waals surface area (Å²) in [6.45, 7) is 7.60. The van der Waals surface area contributed by atoms with Crippen LogP contribution in [-0.4, -0.2) is 52.6 Å². The van der Waals surface area contributed by atoms with Crippen LogP contribution in [0, 0.1) is 0 Å². The van der Waals surface area contributed by atoms with Crippen LogP contribution in [0.15, 0.2) is 24.8 Å². The summed E-state index contributed by atoms with van der Waals surface area (Å²) in [6.07, 6.45) is 13.0. The first-order valence-electron chi connectivity index (χ1n) is 14.1. The molecule has 0 amide bonds. The molecular weight excluding hydrogens is 454 g/mol. The minimum atomic E-state index is -1.05. The number of esters is 1. The monoisotopic (exact) mass is 495 g/mol. The Labute approximate surface area is 215 Å². The molecule has 2 bridgehead atoms. The van der Waals surface area contributed by atoms with Gasteiger partial charge in [0.25, 0.3) is 0 Å². The van der Waals surface area contributed by atoms with Gasteiger partial charge >= 0.3 is 5.97 Å². The molecule has 6 heteroatoms. The topological polar surface area (TPSA) is 76.1 Å². The van der Waals surface area contributed by atoms with Crippen molar-refractivity contribution in [1.29, 1.82) is 0 Å². The number of piperidine rings is 1. The summed E-state index contributed by atoms with van der Waals surface area (Å²) in [4.78, 5) is 28.1. The fourth-order valence-corrected chi connectivity index (χ4v) is 7.44. The summed E-state index contributed by atoms with van der Waals surface area (Å²) in [7, 11) is 0. The van der Waals surface area contributed by atoms with E-state index in [-0.39, 0.29) is 17.8 Å². The van der Waals surface area contributed by atoms with E-state index >= 15 is 0 Å². The number of unbranched alkanes of at least 4 members (excludes halogenated alkanes) is 7. The quantitative estimate of drug-likeness (QED) is 0.190. The number of ether oxygens (including phenoxy) is 2. The fraction of sp³-hybridized carbons (Fsp3) is 0.667. The Hall–Kier alpha value is -2.18. The van der Waals surface area contributed by atoms with Gasteiger partial charge in [0.05, 0.1) is 11.0 Å². The Morgan fingerprint density at radius 2 is 1.94 bits per heavy atom. The fourth-order valence-electron chi connectivity index (χ4n) is 7.44. The van der Waals surface area contributed by atoms with E-state index in [1.165, 1.54) is 32.1 Å². The number of rotatable bonds is 12. The van der Waals surface area contributed by atoms with Crippen LogP contribution in [0.3, 0.4) is 0 Å². The molecule has 2 aliphatic carbocycles. The van der Waals surface area contributed by atoms with Crippen LogP contribution in [0.4, 0.5) is 0 Å². The van der Waals surface area contributed by atoms with Crippen molar-refractivity contribution in [3.63, 3.8) is 0 Å². The second-order valence-electron chi connectivity index (χ2n) is 11.2. The normalized spacial score (nSPS) is 30.0. The predicted octanol–water partition coefficient (Wildman–Crippen LogP) is 5.03. The summed E-state index contributed by atoms with van der Waals surface area (Å²) in [5, 5.41) is 12.2. The largest absolute Gasteiger partial charge is 0.477 e. The number of likely N-dealkylation sites (tertiary alicyclic amines) is 1. The van der Waals surface area contributed by atoms with Crippen LogP contribution in [0.1, 0.15) is 95.1 Å². The van der Waals surface area contributed by atoms with E-state index in [2.05, 4.69) is 18.4 Å². The van der Waals surface area contributed by atoms with Gasteiger partial charge in [0.15, 0.2) is 23.4 Å². The number of Topliss-reactive ketones (excluding diaryl/α,β-unsaturated/α-hetero) is 1. The molecule has 1 N–H and O–H groups in total. The molecule has 0 radical (unpaired) electrons. The average molecular weight is 496 g/mol. The van der Waals surface area contributed by atoms with Crippen LogP contribution in [0.5, 0.6) is 11.5 Å². The molecular formula is C30H41NO5. The highest BCUT2D eigenvalue weighted by Gasteiger charge is 2.73. The van der Waals surface area contributed by atoms with Crippen LogP contribution in [-0.2, 0) is 21.4 Å². The van der Waals surface area contributed by atoms with E-state index in [0.717, 1.165) is 36.9 Å². The van der Waals surface area contributed by atoms with Gasteiger partial charge < -0.3 is 14.6 Å². The number of ketones is 1. The van der Waals surface area contributed by atoms with Gasteiger partial charge in [0, 0.05) is 37.5 Å². The summed E-state index contributed by atoms with van der Waals surface area (Å²) in [5.74, 6) is 0.676. The summed E-state index contributed by atoms with van der Waals surface area (Å²) < 4.78 is 12.2. The number of hydrogen-bond acceptors (Lipinski definition) is 6. The van der Waals surface area contributed by atoms with Crippen LogP contribution < -0.4 is 9.47 Å². The van der Waals surface area contributed by atoms with Crippen molar-refractivity contribution >= 4 is 11.8 Å². The highest BCUT2D eigenvalue weighted by atomic mass is 16.6. The van der Waals surface area contributed by atoms with Crippen molar-refractivity contribution in [2.24, 2.45) is 0 Å². The molecule has 196 valence electrons. The summed E-state index contributed by atoms with van der Waals surface area (Å²) in [6, 6.07) is 3.74. The van der Waals surface area contributed by atoms with E-state index in [1.54, 1.807) is 0 Å². The second kappa shape index (κ2) is 10.3. The molecule has 5 rings (SSSR count). The minimum absolute atomic E-state index is 0.0378. The smallest absolute Gasteiger partial charge is 0.311 e. The van der Waals surface area contributed by atoms with Crippen molar-refractivity contribution in [2.45, 2.75) is 114 Å². The molecule has 6 nitrogen and oxygen atoms in total. The molecule has 4 aliphatic rings. The van der Waals surface area contributed by atoms with E-state index in [1.807, 2.05) is 18.2 Å². The summed E-state index contributed by atoms with van der Waals surface area (Å²) in [5.41, 5.74) is 0.182. The minimum Gasteiger partial charge on any atom is -0.477 e. The standard InChI is InChI=1S/C30H41NO5/c1-3-5-6-7-8-9-10-11-12-25(33)35-23-14-13-21-20-24-30(34)16-15-22(32)28-29(30,26(21)27(23)36-28)17-19-31(24)18-4-2/h4,13-14,24,28,34H,2-3,5-12,15-20H2,1H3/t24-,28+,29+,30-/m1/s1. The molecule has 4 atom stereocenters. The molecule has 1 aromatic rings. The molecule has 2 fully saturated rings. The van der Waals surface area contributed by atoms with Crippen LogP contribution in [0.25, 0.3) is 0 Å². The number of aliphatic hydroxyl groups is 1. The second-order valence-corrected chi connectivity index (χ2v) is 11.2. The Morgan fingerprint density at radius 3 is 2.69 bits per heavy atom. The summed E-state index contributed by atoms with van der Waals surface area (Å²) >= 11 is 0. The average Bonchev–Trinajstić information content (AvgIpc) is 3.22. The number of nitrogens with zero attached hydrogens (tertiary/aromatic N) is 1. The Kier molecular flexibility index (Phi) is 7.28. The van der Waals surface area contributed by atoms with E-state index < -0.39 is 17.1 Å². The third-order valence-corrected chi connectivity index (χ3v) is 9.18. The molecule has 1 saturated heterocycles. The number of carbonyl (C=O) groups excluding carboxylic acids is 2. The van der Waals surface area contributed by atoms with Gasteiger partial charge in [-0.05, 0) is 37.3 Å². The van der Waals surface area contributed by atoms with Crippen LogP contribution in [0.2, 0.25) is 0 Å². The van der Waals surface area contributed by atoms with E-state index in [9.17, 15) is 14.7 Å². The first-order chi connectivity index (χ1) is 17.5. The molecule has 0 unspecified atom stereocenters. The number of benzene rings is 1. The molecule has 36 heavy (non-hydrogen) atoms. The Bertz CT molecular complexity index is 1020. The SMILES string of the molecule is C=CCN1CC[C@]23c4c5ccc(OC(=O)CCCCCCCCCC)c4O[C@H]2C(=O)CC[C@@]3(O)[C@H]1C5. The Balaban J connectivity index is 1.32. The van der Waals surface area contributed by atoms with Gasteiger partial charge in [0.2, 0.25) is 0 Å². The molecule has 2 heterocycles. The maximum atomic E-state index is 13.1.